The normalized spacial score (nSPS) is 14.9. The Hall–Kier alpha value is -3.17. The summed E-state index contributed by atoms with van der Waals surface area (Å²) in [5.41, 5.74) is 1.21. The molecule has 0 saturated carbocycles. The number of ether oxygens (including phenoxy) is 2. The lowest BCUT2D eigenvalue weighted by atomic mass is 9.82. The summed E-state index contributed by atoms with van der Waals surface area (Å²) in [5, 5.41) is 14.5. The fourth-order valence-corrected chi connectivity index (χ4v) is 3.13. The highest BCUT2D eigenvalue weighted by molar-refractivity contribution is 6.00. The summed E-state index contributed by atoms with van der Waals surface area (Å²) in [7, 11) is 1.56. The zero-order chi connectivity index (χ0) is 20.3. The summed E-state index contributed by atoms with van der Waals surface area (Å²) in [6.45, 7) is 6.83. The Balaban J connectivity index is 2.77. The Morgan fingerprint density at radius 2 is 1.67 bits per heavy atom. The molecular formula is C17H22N4O6. The third-order valence-corrected chi connectivity index (χ3v) is 4.16. The first-order valence-electron chi connectivity index (χ1n) is 8.42. The predicted octanol–water partition coefficient (Wildman–Crippen LogP) is 1.69. The van der Waals surface area contributed by atoms with Gasteiger partial charge in [0.2, 0.25) is 6.33 Å². The van der Waals surface area contributed by atoms with Gasteiger partial charge < -0.3 is 29.5 Å². The summed E-state index contributed by atoms with van der Waals surface area (Å²) in [6, 6.07) is 0. The standard InChI is InChI=1S/C17H22N4O6/c1-6-26-16(22)11-9(3)19-10(4)12(17(23)27-7-2)13(11)14-15(21(24)25)18-8-20(14)5/h8,13,19H,6-7H2,1-5H3. The minimum atomic E-state index is -1.04. The van der Waals surface area contributed by atoms with Crippen LogP contribution in [0.25, 0.3) is 0 Å². The van der Waals surface area contributed by atoms with Crippen LogP contribution < -0.4 is 5.32 Å². The van der Waals surface area contributed by atoms with Gasteiger partial charge in [-0.1, -0.05) is 0 Å². The molecule has 1 aromatic rings. The average molecular weight is 378 g/mol. The Bertz CT molecular complexity index is 812. The summed E-state index contributed by atoms with van der Waals surface area (Å²) >= 11 is 0. The molecule has 0 aliphatic carbocycles. The Morgan fingerprint density at radius 3 is 2.07 bits per heavy atom. The van der Waals surface area contributed by atoms with Crippen molar-refractivity contribution in [2.24, 2.45) is 7.05 Å². The zero-order valence-electron chi connectivity index (χ0n) is 15.9. The zero-order valence-corrected chi connectivity index (χ0v) is 15.9. The molecule has 0 spiro atoms. The van der Waals surface area contributed by atoms with E-state index >= 15 is 0 Å². The highest BCUT2D eigenvalue weighted by Crippen LogP contribution is 2.42. The van der Waals surface area contributed by atoms with Crippen molar-refractivity contribution in [3.63, 3.8) is 0 Å². The molecule has 0 radical (unpaired) electrons. The van der Waals surface area contributed by atoms with Crippen LogP contribution in [-0.2, 0) is 26.1 Å². The van der Waals surface area contributed by atoms with E-state index in [0.717, 1.165) is 0 Å². The second-order valence-electron chi connectivity index (χ2n) is 5.90. The Morgan fingerprint density at radius 1 is 1.19 bits per heavy atom. The smallest absolute Gasteiger partial charge is 0.385 e. The van der Waals surface area contributed by atoms with Crippen LogP contribution in [0.4, 0.5) is 5.82 Å². The molecule has 10 heteroatoms. The van der Waals surface area contributed by atoms with Gasteiger partial charge in [0, 0.05) is 18.4 Å². The van der Waals surface area contributed by atoms with Crippen molar-refractivity contribution in [2.45, 2.75) is 33.6 Å². The summed E-state index contributed by atoms with van der Waals surface area (Å²) in [6.07, 6.45) is 1.27. The largest absolute Gasteiger partial charge is 0.463 e. The lowest BCUT2D eigenvalue weighted by molar-refractivity contribution is -0.390. The minimum Gasteiger partial charge on any atom is -0.463 e. The second-order valence-corrected chi connectivity index (χ2v) is 5.90. The van der Waals surface area contributed by atoms with E-state index in [-0.39, 0.29) is 30.1 Å². The molecule has 1 N–H and O–H groups in total. The first-order chi connectivity index (χ1) is 12.7. The van der Waals surface area contributed by atoms with E-state index in [2.05, 4.69) is 10.3 Å². The topological polar surface area (TPSA) is 126 Å². The van der Waals surface area contributed by atoms with Crippen LogP contribution in [0.5, 0.6) is 0 Å². The van der Waals surface area contributed by atoms with Crippen LogP contribution in [0, 0.1) is 10.1 Å². The van der Waals surface area contributed by atoms with Crippen molar-refractivity contribution < 1.29 is 24.0 Å². The summed E-state index contributed by atoms with van der Waals surface area (Å²) in [5.74, 6) is -2.82. The van der Waals surface area contributed by atoms with Crippen molar-refractivity contribution in [3.05, 3.63) is 44.7 Å². The molecule has 1 aliphatic heterocycles. The molecule has 146 valence electrons. The number of dihydropyridines is 1. The summed E-state index contributed by atoms with van der Waals surface area (Å²) in [4.78, 5) is 40.0. The van der Waals surface area contributed by atoms with Crippen molar-refractivity contribution in [1.29, 1.82) is 0 Å². The number of hydrogen-bond donors (Lipinski definition) is 1. The first kappa shape index (κ1) is 20.1. The number of carbonyl (C=O) groups is 2. The third-order valence-electron chi connectivity index (χ3n) is 4.16. The predicted molar refractivity (Wildman–Crippen MR) is 94.4 cm³/mol. The molecule has 0 saturated heterocycles. The third kappa shape index (κ3) is 3.69. The van der Waals surface area contributed by atoms with Gasteiger partial charge in [0.25, 0.3) is 0 Å². The van der Waals surface area contributed by atoms with Crippen LogP contribution in [-0.4, -0.2) is 39.6 Å². The second kappa shape index (κ2) is 8.02. The lowest BCUT2D eigenvalue weighted by Gasteiger charge is -2.29. The quantitative estimate of drug-likeness (QED) is 0.450. The Labute approximate surface area is 156 Å². The van der Waals surface area contributed by atoms with Crippen LogP contribution in [0.15, 0.2) is 28.9 Å². The molecule has 10 nitrogen and oxygen atoms in total. The number of nitro groups is 1. The molecule has 0 bridgehead atoms. The van der Waals surface area contributed by atoms with Gasteiger partial charge >= 0.3 is 17.8 Å². The highest BCUT2D eigenvalue weighted by atomic mass is 16.6. The van der Waals surface area contributed by atoms with Crippen LogP contribution in [0.3, 0.4) is 0 Å². The van der Waals surface area contributed by atoms with Gasteiger partial charge in [-0.3, -0.25) is 0 Å². The molecular weight excluding hydrogens is 356 g/mol. The SMILES string of the molecule is CCOC(=O)C1=C(C)NC(C)=C(C(=O)OCC)C1c1c([N+](=O)[O-])ncn1C. The number of rotatable bonds is 6. The minimum absolute atomic E-state index is 0.103. The molecule has 1 aromatic heterocycles. The number of aryl methyl sites for hydroxylation is 1. The number of aromatic nitrogens is 2. The number of carbonyl (C=O) groups excluding carboxylic acids is 2. The van der Waals surface area contributed by atoms with E-state index in [1.54, 1.807) is 34.7 Å². The number of imidazole rings is 1. The molecule has 0 atom stereocenters. The number of hydrogen-bond acceptors (Lipinski definition) is 8. The lowest BCUT2D eigenvalue weighted by Crippen LogP contribution is -2.33. The number of nitrogens with one attached hydrogen (secondary N) is 1. The van der Waals surface area contributed by atoms with Gasteiger partial charge in [0.1, 0.15) is 5.69 Å². The van der Waals surface area contributed by atoms with Gasteiger partial charge in [-0.25, -0.2) is 9.59 Å². The number of nitrogens with zero attached hydrogens (tertiary/aromatic N) is 3. The highest BCUT2D eigenvalue weighted by Gasteiger charge is 2.43. The molecule has 0 unspecified atom stereocenters. The molecule has 2 heterocycles. The van der Waals surface area contributed by atoms with E-state index in [1.165, 1.54) is 10.9 Å². The van der Waals surface area contributed by atoms with Crippen molar-refractivity contribution >= 4 is 17.8 Å². The summed E-state index contributed by atoms with van der Waals surface area (Å²) < 4.78 is 11.7. The van der Waals surface area contributed by atoms with Crippen LogP contribution >= 0.6 is 0 Å². The van der Waals surface area contributed by atoms with Gasteiger partial charge in [-0.2, -0.15) is 0 Å². The van der Waals surface area contributed by atoms with Crippen LogP contribution in [0.1, 0.15) is 39.3 Å². The molecule has 0 fully saturated rings. The van der Waals surface area contributed by atoms with Crippen molar-refractivity contribution in [2.75, 3.05) is 13.2 Å². The maximum absolute atomic E-state index is 12.6. The number of esters is 2. The van der Waals surface area contributed by atoms with Crippen LogP contribution in [0.2, 0.25) is 0 Å². The van der Waals surface area contributed by atoms with Gasteiger partial charge in [0.15, 0.2) is 0 Å². The Kier molecular flexibility index (Phi) is 5.98. The van der Waals surface area contributed by atoms with Gasteiger partial charge in [-0.05, 0) is 37.6 Å². The molecule has 1 aliphatic rings. The maximum Gasteiger partial charge on any atom is 0.385 e. The van der Waals surface area contributed by atoms with E-state index in [0.29, 0.717) is 11.4 Å². The van der Waals surface area contributed by atoms with E-state index in [4.69, 9.17) is 9.47 Å². The number of allylic oxidation sites excluding steroid dienone is 2. The molecule has 0 aromatic carbocycles. The monoisotopic (exact) mass is 378 g/mol. The van der Waals surface area contributed by atoms with Crippen molar-refractivity contribution in [3.8, 4) is 0 Å². The van der Waals surface area contributed by atoms with Gasteiger partial charge in [-0.15, -0.1) is 0 Å². The maximum atomic E-state index is 12.6. The van der Waals surface area contributed by atoms with E-state index < -0.39 is 28.6 Å². The van der Waals surface area contributed by atoms with E-state index in [9.17, 15) is 19.7 Å². The molecule has 27 heavy (non-hydrogen) atoms. The molecule has 2 rings (SSSR count). The molecule has 0 amide bonds. The van der Waals surface area contributed by atoms with Gasteiger partial charge in [0.05, 0.1) is 30.3 Å². The average Bonchev–Trinajstić information content (AvgIpc) is 2.95. The van der Waals surface area contributed by atoms with E-state index in [1.807, 2.05) is 0 Å². The first-order valence-corrected chi connectivity index (χ1v) is 8.42. The fourth-order valence-electron chi connectivity index (χ4n) is 3.13. The van der Waals surface area contributed by atoms with Crippen molar-refractivity contribution in [1.82, 2.24) is 14.9 Å². The fraction of sp³-hybridized carbons (Fsp3) is 0.471.